The van der Waals surface area contributed by atoms with Crippen LogP contribution >= 0.6 is 0 Å². The highest BCUT2D eigenvalue weighted by Gasteiger charge is 2.16. The fourth-order valence-corrected chi connectivity index (χ4v) is 3.17. The van der Waals surface area contributed by atoms with Gasteiger partial charge in [-0.05, 0) is 19.4 Å². The second kappa shape index (κ2) is 8.03. The third-order valence-corrected chi connectivity index (χ3v) is 4.72. The Morgan fingerprint density at radius 2 is 1.89 bits per heavy atom. The number of hydrogen-bond donors (Lipinski definition) is 1. The van der Waals surface area contributed by atoms with Crippen molar-refractivity contribution in [2.45, 2.75) is 39.8 Å². The van der Waals surface area contributed by atoms with E-state index in [0.717, 1.165) is 17.0 Å². The average Bonchev–Trinajstić information content (AvgIpc) is 3.24. The quantitative estimate of drug-likeness (QED) is 0.662. The van der Waals surface area contributed by atoms with Gasteiger partial charge in [-0.1, -0.05) is 30.3 Å². The first kappa shape index (κ1) is 18.6. The molecule has 0 saturated heterocycles. The first-order chi connectivity index (χ1) is 13.0. The maximum Gasteiger partial charge on any atom is 0.337 e. The first-order valence-electron chi connectivity index (χ1n) is 9.00. The fourth-order valence-electron chi connectivity index (χ4n) is 3.17. The zero-order valence-corrected chi connectivity index (χ0v) is 15.6. The predicted octanol–water partition coefficient (Wildman–Crippen LogP) is 3.58. The maximum absolute atomic E-state index is 12.4. The standard InChI is InChI=1S/C21H23N3O3/c1-3-23-12-17(19(13-23)21(26)27)11-18(25)9-10-24-14-22-20(15(24)2)16-7-5-4-6-8-16/h4-8,12-14H,3,9-11H2,1-2H3,(H,26,27). The monoisotopic (exact) mass is 365 g/mol. The maximum atomic E-state index is 12.4. The van der Waals surface area contributed by atoms with E-state index in [1.807, 2.05) is 48.7 Å². The summed E-state index contributed by atoms with van der Waals surface area (Å²) >= 11 is 0. The van der Waals surface area contributed by atoms with E-state index in [-0.39, 0.29) is 17.8 Å². The van der Waals surface area contributed by atoms with E-state index >= 15 is 0 Å². The number of aryl methyl sites for hydroxylation is 2. The van der Waals surface area contributed by atoms with Crippen molar-refractivity contribution in [3.8, 4) is 11.3 Å². The summed E-state index contributed by atoms with van der Waals surface area (Å²) in [5.74, 6) is -0.983. The van der Waals surface area contributed by atoms with Gasteiger partial charge in [0, 0.05) is 49.6 Å². The predicted molar refractivity (Wildman–Crippen MR) is 103 cm³/mol. The summed E-state index contributed by atoms with van der Waals surface area (Å²) in [7, 11) is 0. The third kappa shape index (κ3) is 4.16. The number of benzene rings is 1. The van der Waals surface area contributed by atoms with Crippen molar-refractivity contribution >= 4 is 11.8 Å². The molecule has 0 spiro atoms. The minimum absolute atomic E-state index is 0.0146. The van der Waals surface area contributed by atoms with Crippen LogP contribution in [0.4, 0.5) is 0 Å². The average molecular weight is 365 g/mol. The topological polar surface area (TPSA) is 77.1 Å². The van der Waals surface area contributed by atoms with Gasteiger partial charge in [-0.25, -0.2) is 9.78 Å². The van der Waals surface area contributed by atoms with Crippen LogP contribution in [-0.4, -0.2) is 31.0 Å². The Morgan fingerprint density at radius 1 is 1.15 bits per heavy atom. The summed E-state index contributed by atoms with van der Waals surface area (Å²) < 4.78 is 3.76. The highest BCUT2D eigenvalue weighted by Crippen LogP contribution is 2.21. The Balaban J connectivity index is 1.66. The number of imidazole rings is 1. The van der Waals surface area contributed by atoms with Crippen molar-refractivity contribution < 1.29 is 14.7 Å². The van der Waals surface area contributed by atoms with Crippen molar-refractivity contribution in [2.75, 3.05) is 0 Å². The molecule has 3 rings (SSSR count). The smallest absolute Gasteiger partial charge is 0.337 e. The number of aromatic nitrogens is 3. The molecule has 2 heterocycles. The van der Waals surface area contributed by atoms with Gasteiger partial charge in [0.25, 0.3) is 0 Å². The molecule has 1 N–H and O–H groups in total. The molecule has 0 bridgehead atoms. The molecule has 6 nitrogen and oxygen atoms in total. The Morgan fingerprint density at radius 3 is 2.56 bits per heavy atom. The summed E-state index contributed by atoms with van der Waals surface area (Å²) in [6.07, 6.45) is 5.55. The van der Waals surface area contributed by atoms with Crippen LogP contribution in [0.3, 0.4) is 0 Å². The number of ketones is 1. The Kier molecular flexibility index (Phi) is 5.54. The molecular weight excluding hydrogens is 342 g/mol. The fraction of sp³-hybridized carbons (Fsp3) is 0.286. The summed E-state index contributed by atoms with van der Waals surface area (Å²) in [6.45, 7) is 5.12. The molecule has 0 aliphatic rings. The van der Waals surface area contributed by atoms with Crippen LogP contribution in [0.25, 0.3) is 11.3 Å². The molecule has 140 valence electrons. The van der Waals surface area contributed by atoms with E-state index in [1.165, 1.54) is 0 Å². The summed E-state index contributed by atoms with van der Waals surface area (Å²) in [6, 6.07) is 9.93. The van der Waals surface area contributed by atoms with Gasteiger partial charge in [-0.2, -0.15) is 0 Å². The molecule has 0 fully saturated rings. The van der Waals surface area contributed by atoms with Crippen molar-refractivity contribution in [1.82, 2.24) is 14.1 Å². The van der Waals surface area contributed by atoms with Crippen LogP contribution in [-0.2, 0) is 24.3 Å². The summed E-state index contributed by atoms with van der Waals surface area (Å²) in [4.78, 5) is 28.2. The molecule has 0 saturated carbocycles. The van der Waals surface area contributed by atoms with Crippen molar-refractivity contribution in [2.24, 2.45) is 0 Å². The van der Waals surface area contributed by atoms with Gasteiger partial charge >= 0.3 is 5.97 Å². The second-order valence-electron chi connectivity index (χ2n) is 6.54. The SMILES string of the molecule is CCn1cc(CC(=O)CCn2cnc(-c3ccccc3)c2C)c(C(=O)O)c1. The highest BCUT2D eigenvalue weighted by atomic mass is 16.4. The van der Waals surface area contributed by atoms with Crippen molar-refractivity contribution in [3.63, 3.8) is 0 Å². The van der Waals surface area contributed by atoms with Crippen LogP contribution in [0.1, 0.15) is 35.0 Å². The number of hydrogen-bond acceptors (Lipinski definition) is 3. The number of carbonyl (C=O) groups excluding carboxylic acids is 1. The summed E-state index contributed by atoms with van der Waals surface area (Å²) in [5, 5.41) is 9.31. The molecule has 27 heavy (non-hydrogen) atoms. The molecule has 0 aliphatic carbocycles. The molecule has 6 heteroatoms. The Labute approximate surface area is 158 Å². The van der Waals surface area contributed by atoms with Crippen LogP contribution in [0.5, 0.6) is 0 Å². The molecule has 0 amide bonds. The van der Waals surface area contributed by atoms with E-state index in [2.05, 4.69) is 4.98 Å². The second-order valence-corrected chi connectivity index (χ2v) is 6.54. The van der Waals surface area contributed by atoms with Gasteiger partial charge in [0.15, 0.2) is 0 Å². The molecular formula is C21H23N3O3. The lowest BCUT2D eigenvalue weighted by Crippen LogP contribution is -2.10. The number of aromatic carboxylic acids is 1. The number of carbonyl (C=O) groups is 2. The summed E-state index contributed by atoms with van der Waals surface area (Å²) in [5.41, 5.74) is 3.75. The number of Topliss-reactive ketones (excluding diaryl/α,β-unsaturated/α-hetero) is 1. The van der Waals surface area contributed by atoms with Gasteiger partial charge in [0.1, 0.15) is 5.78 Å². The lowest BCUT2D eigenvalue weighted by Gasteiger charge is -2.06. The van der Waals surface area contributed by atoms with Gasteiger partial charge in [0.2, 0.25) is 0 Å². The van der Waals surface area contributed by atoms with Crippen molar-refractivity contribution in [3.05, 3.63) is 65.9 Å². The van der Waals surface area contributed by atoms with Crippen LogP contribution < -0.4 is 0 Å². The van der Waals surface area contributed by atoms with Crippen LogP contribution in [0.2, 0.25) is 0 Å². The Bertz CT molecular complexity index is 954. The molecule has 0 unspecified atom stereocenters. The molecule has 3 aromatic rings. The molecule has 2 aromatic heterocycles. The highest BCUT2D eigenvalue weighted by molar-refractivity contribution is 5.92. The number of carboxylic acids is 1. The van der Waals surface area contributed by atoms with Crippen LogP contribution in [0, 0.1) is 6.92 Å². The Hall–Kier alpha value is -3.15. The molecule has 0 radical (unpaired) electrons. The first-order valence-corrected chi connectivity index (χ1v) is 9.00. The zero-order valence-electron chi connectivity index (χ0n) is 15.6. The molecule has 0 atom stereocenters. The lowest BCUT2D eigenvalue weighted by atomic mass is 10.1. The largest absolute Gasteiger partial charge is 0.478 e. The zero-order chi connectivity index (χ0) is 19.4. The van der Waals surface area contributed by atoms with Gasteiger partial charge in [-0.15, -0.1) is 0 Å². The van der Waals surface area contributed by atoms with Crippen LogP contribution in [0.15, 0.2) is 49.1 Å². The minimum Gasteiger partial charge on any atom is -0.478 e. The molecule has 0 aliphatic heterocycles. The van der Waals surface area contributed by atoms with E-state index < -0.39 is 5.97 Å². The van der Waals surface area contributed by atoms with Gasteiger partial charge < -0.3 is 14.2 Å². The van der Waals surface area contributed by atoms with E-state index in [9.17, 15) is 14.7 Å². The van der Waals surface area contributed by atoms with Crippen molar-refractivity contribution in [1.29, 1.82) is 0 Å². The lowest BCUT2D eigenvalue weighted by molar-refractivity contribution is -0.118. The molecule has 1 aromatic carbocycles. The normalized spacial score (nSPS) is 10.9. The number of nitrogens with zero attached hydrogens (tertiary/aromatic N) is 3. The number of carboxylic acid groups (broad SMARTS) is 1. The minimum atomic E-state index is -0.997. The van der Waals surface area contributed by atoms with Gasteiger partial charge in [-0.3, -0.25) is 4.79 Å². The number of rotatable bonds is 8. The van der Waals surface area contributed by atoms with E-state index in [4.69, 9.17) is 0 Å². The third-order valence-electron chi connectivity index (χ3n) is 4.72. The van der Waals surface area contributed by atoms with E-state index in [1.54, 1.807) is 23.3 Å². The van der Waals surface area contributed by atoms with Gasteiger partial charge in [0.05, 0.1) is 17.6 Å². The van der Waals surface area contributed by atoms with E-state index in [0.29, 0.717) is 25.1 Å².